The first-order valence-corrected chi connectivity index (χ1v) is 7.22. The van der Waals surface area contributed by atoms with E-state index in [0.29, 0.717) is 12.5 Å². The fourth-order valence-electron chi connectivity index (χ4n) is 1.99. The van der Waals surface area contributed by atoms with Crippen LogP contribution in [0.1, 0.15) is 25.2 Å². The van der Waals surface area contributed by atoms with Gasteiger partial charge in [-0.2, -0.15) is 0 Å². The van der Waals surface area contributed by atoms with E-state index in [2.05, 4.69) is 19.2 Å². The van der Waals surface area contributed by atoms with Gasteiger partial charge in [0.15, 0.2) is 11.5 Å². The summed E-state index contributed by atoms with van der Waals surface area (Å²) in [6.45, 7) is 6.59. The lowest BCUT2D eigenvalue weighted by atomic mass is 10.2. The summed E-state index contributed by atoms with van der Waals surface area (Å²) < 4.78 is 16.5. The van der Waals surface area contributed by atoms with Crippen molar-refractivity contribution in [3.63, 3.8) is 0 Å². The molecule has 0 atom stereocenters. The number of benzene rings is 1. The Hall–Kier alpha value is -1.94. The number of hydrogen-bond acceptors (Lipinski definition) is 4. The van der Waals surface area contributed by atoms with Gasteiger partial charge in [-0.25, -0.2) is 0 Å². The second kappa shape index (κ2) is 7.74. The topological polar surface area (TPSA) is 43.6 Å². The largest absolute Gasteiger partial charge is 0.493 e. The van der Waals surface area contributed by atoms with Crippen molar-refractivity contribution < 1.29 is 13.9 Å². The van der Waals surface area contributed by atoms with Crippen molar-refractivity contribution in [1.82, 2.24) is 5.32 Å². The van der Waals surface area contributed by atoms with Gasteiger partial charge < -0.3 is 19.2 Å². The predicted molar refractivity (Wildman–Crippen MR) is 82.6 cm³/mol. The zero-order chi connectivity index (χ0) is 15.1. The quantitative estimate of drug-likeness (QED) is 0.806. The second-order valence-electron chi connectivity index (χ2n) is 5.39. The van der Waals surface area contributed by atoms with Crippen LogP contribution in [0.25, 0.3) is 0 Å². The number of para-hydroxylation sites is 2. The molecule has 1 N–H and O–H groups in total. The van der Waals surface area contributed by atoms with Crippen LogP contribution < -0.4 is 14.8 Å². The van der Waals surface area contributed by atoms with Crippen molar-refractivity contribution in [2.75, 3.05) is 13.7 Å². The van der Waals surface area contributed by atoms with Crippen molar-refractivity contribution in [2.24, 2.45) is 5.92 Å². The first-order valence-electron chi connectivity index (χ1n) is 7.22. The first kappa shape index (κ1) is 15.4. The Morgan fingerprint density at radius 1 is 1.19 bits per heavy atom. The highest BCUT2D eigenvalue weighted by molar-refractivity contribution is 5.39. The molecule has 0 saturated heterocycles. The fraction of sp³-hybridized carbons (Fsp3) is 0.412. The Bertz CT molecular complexity index is 548. The molecule has 2 rings (SSSR count). The van der Waals surface area contributed by atoms with Crippen molar-refractivity contribution in [2.45, 2.75) is 27.0 Å². The highest BCUT2D eigenvalue weighted by Crippen LogP contribution is 2.26. The molecular formula is C17H23NO3. The van der Waals surface area contributed by atoms with Crippen molar-refractivity contribution in [3.8, 4) is 11.5 Å². The molecule has 0 amide bonds. The van der Waals surface area contributed by atoms with Crippen LogP contribution in [0.5, 0.6) is 11.5 Å². The minimum Gasteiger partial charge on any atom is -0.493 e. The predicted octanol–water partition coefficient (Wildman–Crippen LogP) is 3.61. The molecule has 4 nitrogen and oxygen atoms in total. The third-order valence-electron chi connectivity index (χ3n) is 3.03. The van der Waals surface area contributed by atoms with Crippen molar-refractivity contribution in [3.05, 3.63) is 47.9 Å². The van der Waals surface area contributed by atoms with Gasteiger partial charge in [0.25, 0.3) is 0 Å². The molecule has 2 aromatic rings. The standard InChI is InChI=1S/C17H23NO3/c1-13(2)9-18-10-14-8-15(20-11-14)12-21-17-7-5-4-6-16(17)19-3/h4-8,11,13,18H,9-10,12H2,1-3H3. The third-order valence-corrected chi connectivity index (χ3v) is 3.03. The zero-order valence-corrected chi connectivity index (χ0v) is 12.9. The number of hydrogen-bond donors (Lipinski definition) is 1. The minimum absolute atomic E-state index is 0.393. The Morgan fingerprint density at radius 2 is 1.95 bits per heavy atom. The molecule has 0 aliphatic heterocycles. The van der Waals surface area contributed by atoms with Gasteiger partial charge in [-0.3, -0.25) is 0 Å². The van der Waals surface area contributed by atoms with Crippen molar-refractivity contribution in [1.29, 1.82) is 0 Å². The molecule has 0 aliphatic rings. The molecule has 114 valence electrons. The summed E-state index contributed by atoms with van der Waals surface area (Å²) in [4.78, 5) is 0. The fourth-order valence-corrected chi connectivity index (χ4v) is 1.99. The van der Waals surface area contributed by atoms with Crippen LogP contribution in [0.15, 0.2) is 41.0 Å². The van der Waals surface area contributed by atoms with E-state index in [-0.39, 0.29) is 0 Å². The lowest BCUT2D eigenvalue weighted by molar-refractivity contribution is 0.256. The average molecular weight is 289 g/mol. The average Bonchev–Trinajstić information content (AvgIpc) is 2.93. The second-order valence-corrected chi connectivity index (χ2v) is 5.39. The smallest absolute Gasteiger partial charge is 0.161 e. The lowest BCUT2D eigenvalue weighted by Gasteiger charge is -2.08. The minimum atomic E-state index is 0.393. The van der Waals surface area contributed by atoms with Gasteiger partial charge in [0.1, 0.15) is 12.4 Å². The van der Waals surface area contributed by atoms with E-state index in [1.165, 1.54) is 0 Å². The van der Waals surface area contributed by atoms with Gasteiger partial charge in [0.2, 0.25) is 0 Å². The molecule has 4 heteroatoms. The summed E-state index contributed by atoms with van der Waals surface area (Å²) in [6.07, 6.45) is 1.77. The molecule has 1 aromatic heterocycles. The number of ether oxygens (including phenoxy) is 2. The molecule has 0 radical (unpaired) electrons. The monoisotopic (exact) mass is 289 g/mol. The number of furan rings is 1. The molecule has 0 spiro atoms. The molecule has 0 saturated carbocycles. The van der Waals surface area contributed by atoms with Gasteiger partial charge >= 0.3 is 0 Å². The Kier molecular flexibility index (Phi) is 5.69. The van der Waals surface area contributed by atoms with Crippen LogP contribution >= 0.6 is 0 Å². The molecule has 0 fully saturated rings. The molecular weight excluding hydrogens is 266 g/mol. The summed E-state index contributed by atoms with van der Waals surface area (Å²) >= 11 is 0. The summed E-state index contributed by atoms with van der Waals surface area (Å²) in [7, 11) is 1.63. The van der Waals surface area contributed by atoms with E-state index in [9.17, 15) is 0 Å². The van der Waals surface area contributed by atoms with E-state index in [1.807, 2.05) is 30.3 Å². The van der Waals surface area contributed by atoms with Crippen LogP contribution in [0.3, 0.4) is 0 Å². The maximum absolute atomic E-state index is 5.73. The van der Waals surface area contributed by atoms with Crippen LogP contribution in [0.2, 0.25) is 0 Å². The van der Waals surface area contributed by atoms with Crippen LogP contribution in [-0.4, -0.2) is 13.7 Å². The van der Waals surface area contributed by atoms with Gasteiger partial charge in [-0.15, -0.1) is 0 Å². The normalized spacial score (nSPS) is 10.9. The first-order chi connectivity index (χ1) is 10.2. The maximum Gasteiger partial charge on any atom is 0.161 e. The maximum atomic E-state index is 5.73. The van der Waals surface area contributed by atoms with Gasteiger partial charge in [0, 0.05) is 12.1 Å². The SMILES string of the molecule is COc1ccccc1OCc1cc(CNCC(C)C)co1. The number of methoxy groups -OCH3 is 1. The Morgan fingerprint density at radius 3 is 2.67 bits per heavy atom. The summed E-state index contributed by atoms with van der Waals surface area (Å²) in [5, 5.41) is 3.39. The Labute approximate surface area is 126 Å². The summed E-state index contributed by atoms with van der Waals surface area (Å²) in [5.41, 5.74) is 1.13. The summed E-state index contributed by atoms with van der Waals surface area (Å²) in [5.74, 6) is 2.89. The van der Waals surface area contributed by atoms with E-state index in [0.717, 1.165) is 35.9 Å². The van der Waals surface area contributed by atoms with E-state index in [1.54, 1.807) is 13.4 Å². The van der Waals surface area contributed by atoms with E-state index < -0.39 is 0 Å². The lowest BCUT2D eigenvalue weighted by Crippen LogP contribution is -2.18. The van der Waals surface area contributed by atoms with E-state index in [4.69, 9.17) is 13.9 Å². The van der Waals surface area contributed by atoms with Gasteiger partial charge in [-0.05, 0) is 30.7 Å². The van der Waals surface area contributed by atoms with E-state index >= 15 is 0 Å². The third kappa shape index (κ3) is 4.83. The van der Waals surface area contributed by atoms with Crippen LogP contribution in [0, 0.1) is 5.92 Å². The highest BCUT2D eigenvalue weighted by atomic mass is 16.5. The number of nitrogens with one attached hydrogen (secondary N) is 1. The molecule has 1 heterocycles. The van der Waals surface area contributed by atoms with Gasteiger partial charge in [-0.1, -0.05) is 26.0 Å². The van der Waals surface area contributed by atoms with Crippen LogP contribution in [-0.2, 0) is 13.2 Å². The number of rotatable bonds is 8. The van der Waals surface area contributed by atoms with Crippen molar-refractivity contribution >= 4 is 0 Å². The molecule has 21 heavy (non-hydrogen) atoms. The molecule has 0 aliphatic carbocycles. The zero-order valence-electron chi connectivity index (χ0n) is 12.9. The summed E-state index contributed by atoms with van der Waals surface area (Å²) in [6, 6.07) is 9.60. The highest BCUT2D eigenvalue weighted by Gasteiger charge is 2.06. The molecule has 0 bridgehead atoms. The molecule has 1 aromatic carbocycles. The molecule has 0 unspecified atom stereocenters. The van der Waals surface area contributed by atoms with Gasteiger partial charge in [0.05, 0.1) is 13.4 Å². The van der Waals surface area contributed by atoms with Crippen LogP contribution in [0.4, 0.5) is 0 Å². The Balaban J connectivity index is 1.85.